The van der Waals surface area contributed by atoms with E-state index in [1.165, 1.54) is 0 Å². The van der Waals surface area contributed by atoms with Crippen molar-refractivity contribution in [2.45, 2.75) is 26.8 Å². The fourth-order valence-electron chi connectivity index (χ4n) is 1.87. The van der Waals surface area contributed by atoms with E-state index in [2.05, 4.69) is 10.6 Å². The number of rotatable bonds is 6. The molecule has 6 N–H and O–H groups in total. The van der Waals surface area contributed by atoms with Crippen molar-refractivity contribution in [2.75, 3.05) is 17.6 Å². The minimum atomic E-state index is -0.565. The number of carbonyl (C=O) groups is 2. The second kappa shape index (κ2) is 6.79. The topological polar surface area (TPSA) is 110 Å². The van der Waals surface area contributed by atoms with Crippen LogP contribution in [0.5, 0.6) is 0 Å². The average molecular weight is 278 g/mol. The lowest BCUT2D eigenvalue weighted by Crippen LogP contribution is -2.40. The van der Waals surface area contributed by atoms with Crippen LogP contribution in [0, 0.1) is 5.92 Å². The molecule has 1 aromatic carbocycles. The van der Waals surface area contributed by atoms with E-state index < -0.39 is 11.9 Å². The van der Waals surface area contributed by atoms with Crippen LogP contribution in [-0.4, -0.2) is 24.4 Å². The van der Waals surface area contributed by atoms with Gasteiger partial charge in [-0.2, -0.15) is 0 Å². The normalized spacial score (nSPS) is 12.0. The van der Waals surface area contributed by atoms with Gasteiger partial charge < -0.3 is 22.1 Å². The van der Waals surface area contributed by atoms with Crippen LogP contribution in [0.4, 0.5) is 11.4 Å². The summed E-state index contributed by atoms with van der Waals surface area (Å²) >= 11 is 0. The molecule has 0 aliphatic carbocycles. The highest BCUT2D eigenvalue weighted by Gasteiger charge is 2.21. The quantitative estimate of drug-likeness (QED) is 0.580. The second-order valence-electron chi connectivity index (χ2n) is 4.93. The Morgan fingerprint density at radius 1 is 1.30 bits per heavy atom. The standard InChI is InChI=1S/C14H22N4O2/c1-4-17-14(20)10-6-5-9(15)7-11(10)18-12(8(2)3)13(16)19/h5-8,12,18H,4,15H2,1-3H3,(H2,16,19)(H,17,20). The van der Waals surface area contributed by atoms with Crippen molar-refractivity contribution in [1.82, 2.24) is 5.32 Å². The fraction of sp³-hybridized carbons (Fsp3) is 0.429. The third-order valence-electron chi connectivity index (χ3n) is 2.91. The molecule has 0 aromatic heterocycles. The zero-order valence-electron chi connectivity index (χ0n) is 12.1. The molecule has 0 heterocycles. The van der Waals surface area contributed by atoms with Crippen LogP contribution in [0.15, 0.2) is 18.2 Å². The van der Waals surface area contributed by atoms with E-state index in [0.29, 0.717) is 23.5 Å². The number of anilines is 2. The molecule has 0 radical (unpaired) electrons. The summed E-state index contributed by atoms with van der Waals surface area (Å²) in [5.74, 6) is -0.692. The van der Waals surface area contributed by atoms with E-state index in [9.17, 15) is 9.59 Å². The molecule has 1 atom stereocenters. The summed E-state index contributed by atoms with van der Waals surface area (Å²) in [5.41, 5.74) is 12.6. The largest absolute Gasteiger partial charge is 0.399 e. The molecule has 1 rings (SSSR count). The average Bonchev–Trinajstić information content (AvgIpc) is 2.35. The molecule has 0 saturated heterocycles. The van der Waals surface area contributed by atoms with E-state index in [4.69, 9.17) is 11.5 Å². The van der Waals surface area contributed by atoms with Crippen molar-refractivity contribution in [3.63, 3.8) is 0 Å². The molecule has 1 aromatic rings. The van der Waals surface area contributed by atoms with Gasteiger partial charge in [-0.15, -0.1) is 0 Å². The van der Waals surface area contributed by atoms with Gasteiger partial charge in [0.2, 0.25) is 5.91 Å². The lowest BCUT2D eigenvalue weighted by Gasteiger charge is -2.22. The summed E-state index contributed by atoms with van der Waals surface area (Å²) in [5, 5.41) is 5.73. The van der Waals surface area contributed by atoms with E-state index in [1.807, 2.05) is 20.8 Å². The summed E-state index contributed by atoms with van der Waals surface area (Å²) < 4.78 is 0. The van der Waals surface area contributed by atoms with Gasteiger partial charge in [0.25, 0.3) is 5.91 Å². The van der Waals surface area contributed by atoms with Crippen molar-refractivity contribution in [3.05, 3.63) is 23.8 Å². The molecule has 2 amide bonds. The number of amides is 2. The minimum absolute atomic E-state index is 0.00369. The molecule has 0 spiro atoms. The Labute approximate surface area is 118 Å². The van der Waals surface area contributed by atoms with Crippen LogP contribution in [0.25, 0.3) is 0 Å². The van der Waals surface area contributed by atoms with Crippen molar-refractivity contribution >= 4 is 23.2 Å². The predicted molar refractivity (Wildman–Crippen MR) is 80.3 cm³/mol. The van der Waals surface area contributed by atoms with E-state index in [0.717, 1.165) is 0 Å². The maximum Gasteiger partial charge on any atom is 0.253 e. The van der Waals surface area contributed by atoms with Crippen LogP contribution >= 0.6 is 0 Å². The molecule has 0 bridgehead atoms. The highest BCUT2D eigenvalue weighted by molar-refractivity contribution is 6.01. The second-order valence-corrected chi connectivity index (χ2v) is 4.93. The van der Waals surface area contributed by atoms with Crippen LogP contribution in [0.1, 0.15) is 31.1 Å². The van der Waals surface area contributed by atoms with Gasteiger partial charge in [0, 0.05) is 17.9 Å². The van der Waals surface area contributed by atoms with Crippen LogP contribution in [0.3, 0.4) is 0 Å². The molecule has 0 saturated carbocycles. The lowest BCUT2D eigenvalue weighted by atomic mass is 10.0. The van der Waals surface area contributed by atoms with Crippen molar-refractivity contribution in [1.29, 1.82) is 0 Å². The highest BCUT2D eigenvalue weighted by atomic mass is 16.2. The number of benzene rings is 1. The first-order valence-electron chi connectivity index (χ1n) is 6.60. The van der Waals surface area contributed by atoms with Crippen LogP contribution in [0.2, 0.25) is 0 Å². The molecule has 0 aliphatic rings. The van der Waals surface area contributed by atoms with Crippen molar-refractivity contribution in [2.24, 2.45) is 11.7 Å². The Kier molecular flexibility index (Phi) is 5.37. The molecule has 0 aliphatic heterocycles. The van der Waals surface area contributed by atoms with Crippen LogP contribution < -0.4 is 22.1 Å². The molecular weight excluding hydrogens is 256 g/mol. The van der Waals surface area contributed by atoms with Gasteiger partial charge >= 0.3 is 0 Å². The summed E-state index contributed by atoms with van der Waals surface area (Å²) in [4.78, 5) is 23.5. The first-order chi connectivity index (χ1) is 9.36. The molecule has 110 valence electrons. The Morgan fingerprint density at radius 3 is 2.45 bits per heavy atom. The molecule has 1 unspecified atom stereocenters. The number of nitrogens with two attached hydrogens (primary N) is 2. The Balaban J connectivity index is 3.11. The lowest BCUT2D eigenvalue weighted by molar-refractivity contribution is -0.119. The van der Waals surface area contributed by atoms with Gasteiger partial charge in [-0.05, 0) is 31.0 Å². The third-order valence-corrected chi connectivity index (χ3v) is 2.91. The zero-order valence-corrected chi connectivity index (χ0v) is 12.1. The number of primary amides is 1. The highest BCUT2D eigenvalue weighted by Crippen LogP contribution is 2.21. The fourth-order valence-corrected chi connectivity index (χ4v) is 1.87. The van der Waals surface area contributed by atoms with Gasteiger partial charge in [-0.1, -0.05) is 13.8 Å². The zero-order chi connectivity index (χ0) is 15.3. The summed E-state index contributed by atoms with van der Waals surface area (Å²) in [6, 6.07) is 4.33. The van der Waals surface area contributed by atoms with Crippen molar-refractivity contribution < 1.29 is 9.59 Å². The smallest absolute Gasteiger partial charge is 0.253 e. The van der Waals surface area contributed by atoms with Gasteiger partial charge in [-0.25, -0.2) is 0 Å². The SMILES string of the molecule is CCNC(=O)c1ccc(N)cc1NC(C(N)=O)C(C)C. The maximum absolute atomic E-state index is 12.0. The van der Waals surface area contributed by atoms with Crippen LogP contribution in [-0.2, 0) is 4.79 Å². The Bertz CT molecular complexity index is 500. The monoisotopic (exact) mass is 278 g/mol. The Hall–Kier alpha value is -2.24. The van der Waals surface area contributed by atoms with E-state index >= 15 is 0 Å². The van der Waals surface area contributed by atoms with Gasteiger partial charge in [0.15, 0.2) is 0 Å². The summed E-state index contributed by atoms with van der Waals surface area (Å²) in [6.45, 7) is 6.11. The Morgan fingerprint density at radius 2 is 1.95 bits per heavy atom. The first-order valence-corrected chi connectivity index (χ1v) is 6.60. The molecule has 6 nitrogen and oxygen atoms in total. The number of nitrogens with one attached hydrogen (secondary N) is 2. The predicted octanol–water partition coefficient (Wildman–Crippen LogP) is 0.940. The molecule has 6 heteroatoms. The molecule has 20 heavy (non-hydrogen) atoms. The van der Waals surface area contributed by atoms with Gasteiger partial charge in [0.05, 0.1) is 5.56 Å². The first kappa shape index (κ1) is 15.8. The number of nitrogen functional groups attached to an aromatic ring is 1. The van der Waals surface area contributed by atoms with Gasteiger partial charge in [-0.3, -0.25) is 9.59 Å². The molecular formula is C14H22N4O2. The summed E-state index contributed by atoms with van der Waals surface area (Å²) in [6.07, 6.45) is 0. The van der Waals surface area contributed by atoms with Crippen molar-refractivity contribution in [3.8, 4) is 0 Å². The third kappa shape index (κ3) is 3.88. The van der Waals surface area contributed by atoms with Gasteiger partial charge in [0.1, 0.15) is 6.04 Å². The molecule has 0 fully saturated rings. The number of hydrogen-bond acceptors (Lipinski definition) is 4. The number of hydrogen-bond donors (Lipinski definition) is 4. The van der Waals surface area contributed by atoms with E-state index in [1.54, 1.807) is 18.2 Å². The maximum atomic E-state index is 12.0. The number of carbonyl (C=O) groups excluding carboxylic acids is 2. The summed E-state index contributed by atoms with van der Waals surface area (Å²) in [7, 11) is 0. The minimum Gasteiger partial charge on any atom is -0.399 e. The van der Waals surface area contributed by atoms with E-state index in [-0.39, 0.29) is 11.8 Å².